The number of hydrogen-bond donors (Lipinski definition) is 2. The van der Waals surface area contributed by atoms with Crippen LogP contribution in [0, 0.1) is 11.8 Å². The van der Waals surface area contributed by atoms with Gasteiger partial charge in [-0.25, -0.2) is 4.79 Å². The molecule has 3 aliphatic carbocycles. The summed E-state index contributed by atoms with van der Waals surface area (Å²) < 4.78 is 5.71. The van der Waals surface area contributed by atoms with Crippen LogP contribution in [0.2, 0.25) is 0 Å². The second-order valence-corrected chi connectivity index (χ2v) is 10.1. The van der Waals surface area contributed by atoms with Gasteiger partial charge in [-0.05, 0) is 53.9 Å². The zero-order chi connectivity index (χ0) is 24.5. The maximum atomic E-state index is 12.9. The highest BCUT2D eigenvalue weighted by molar-refractivity contribution is 5.80. The first-order valence-corrected chi connectivity index (χ1v) is 12.5. The van der Waals surface area contributed by atoms with Crippen molar-refractivity contribution >= 4 is 18.0 Å². The van der Waals surface area contributed by atoms with E-state index >= 15 is 0 Å². The number of carbonyl (C=O) groups is 3. The first kappa shape index (κ1) is 23.4. The van der Waals surface area contributed by atoms with Crippen molar-refractivity contribution in [2.24, 2.45) is 11.8 Å². The number of carboxylic acids is 1. The SMILES string of the molecule is CN(C(=O)CC(NC(=O)OCC1c2ccccc2-c2ccccc21)C1CCC1)C1CC(C(=O)O)C1. The number of fused-ring (bicyclic) bond motifs is 3. The second-order valence-electron chi connectivity index (χ2n) is 10.1. The van der Waals surface area contributed by atoms with Crippen LogP contribution in [0.1, 0.15) is 55.6 Å². The Bertz CT molecular complexity index is 1080. The van der Waals surface area contributed by atoms with Crippen molar-refractivity contribution in [3.8, 4) is 11.1 Å². The molecule has 2 amide bonds. The van der Waals surface area contributed by atoms with Crippen molar-refractivity contribution in [1.82, 2.24) is 10.2 Å². The van der Waals surface area contributed by atoms with Crippen molar-refractivity contribution in [2.45, 2.75) is 56.5 Å². The van der Waals surface area contributed by atoms with Gasteiger partial charge in [-0.1, -0.05) is 55.0 Å². The van der Waals surface area contributed by atoms with Crippen LogP contribution in [0.5, 0.6) is 0 Å². The zero-order valence-electron chi connectivity index (χ0n) is 20.0. The molecule has 35 heavy (non-hydrogen) atoms. The van der Waals surface area contributed by atoms with Crippen LogP contribution in [-0.2, 0) is 14.3 Å². The maximum absolute atomic E-state index is 12.9. The molecule has 7 nitrogen and oxygen atoms in total. The molecule has 0 bridgehead atoms. The number of hydrogen-bond acceptors (Lipinski definition) is 4. The Hall–Kier alpha value is -3.35. The van der Waals surface area contributed by atoms with Gasteiger partial charge in [-0.3, -0.25) is 9.59 Å². The van der Waals surface area contributed by atoms with Gasteiger partial charge in [0, 0.05) is 31.5 Å². The largest absolute Gasteiger partial charge is 0.481 e. The van der Waals surface area contributed by atoms with Gasteiger partial charge < -0.3 is 20.1 Å². The van der Waals surface area contributed by atoms with Gasteiger partial charge in [0.05, 0.1) is 5.92 Å². The highest BCUT2D eigenvalue weighted by atomic mass is 16.5. The van der Waals surface area contributed by atoms with E-state index < -0.39 is 12.1 Å². The Kier molecular flexibility index (Phi) is 6.50. The minimum Gasteiger partial charge on any atom is -0.481 e. The zero-order valence-corrected chi connectivity index (χ0v) is 20.0. The molecule has 2 N–H and O–H groups in total. The third kappa shape index (κ3) is 4.64. The lowest BCUT2D eigenvalue weighted by Crippen LogP contribution is -2.51. The Balaban J connectivity index is 1.19. The second kappa shape index (κ2) is 9.72. The quantitative estimate of drug-likeness (QED) is 0.589. The molecule has 184 valence electrons. The lowest BCUT2D eigenvalue weighted by atomic mass is 9.77. The molecule has 2 fully saturated rings. The summed E-state index contributed by atoms with van der Waals surface area (Å²) in [5, 5.41) is 12.1. The number of carboxylic acid groups (broad SMARTS) is 1. The third-order valence-electron chi connectivity index (χ3n) is 8.16. The van der Waals surface area contributed by atoms with E-state index in [4.69, 9.17) is 9.84 Å². The molecule has 7 heteroatoms. The summed E-state index contributed by atoms with van der Waals surface area (Å²) in [5.74, 6) is -0.970. The van der Waals surface area contributed by atoms with E-state index in [1.807, 2.05) is 24.3 Å². The summed E-state index contributed by atoms with van der Waals surface area (Å²) in [4.78, 5) is 38.5. The van der Waals surface area contributed by atoms with Gasteiger partial charge in [0.1, 0.15) is 6.61 Å². The van der Waals surface area contributed by atoms with Crippen molar-refractivity contribution in [3.05, 3.63) is 59.7 Å². The number of rotatable bonds is 8. The van der Waals surface area contributed by atoms with Crippen molar-refractivity contribution in [3.63, 3.8) is 0 Å². The van der Waals surface area contributed by atoms with Crippen LogP contribution in [0.4, 0.5) is 4.79 Å². The molecular weight excluding hydrogens is 444 g/mol. The first-order chi connectivity index (χ1) is 16.9. The number of amides is 2. The lowest BCUT2D eigenvalue weighted by molar-refractivity contribution is -0.150. The Morgan fingerprint density at radius 1 is 1.03 bits per heavy atom. The molecule has 0 radical (unpaired) electrons. The Labute approximate surface area is 205 Å². The molecule has 0 spiro atoms. The van der Waals surface area contributed by atoms with E-state index in [-0.39, 0.29) is 48.8 Å². The fourth-order valence-corrected chi connectivity index (χ4v) is 5.61. The number of nitrogens with zero attached hydrogens (tertiary/aromatic N) is 1. The van der Waals surface area contributed by atoms with E-state index in [0.29, 0.717) is 12.8 Å². The normalized spacial score (nSPS) is 21.6. The number of nitrogens with one attached hydrogen (secondary N) is 1. The van der Waals surface area contributed by atoms with Gasteiger partial charge in [0.15, 0.2) is 0 Å². The van der Waals surface area contributed by atoms with E-state index in [1.54, 1.807) is 11.9 Å². The maximum Gasteiger partial charge on any atom is 0.407 e. The smallest absolute Gasteiger partial charge is 0.407 e. The standard InChI is InChI=1S/C28H32N2O5/c1-30(19-13-18(14-19)27(32)33)26(31)15-25(17-7-6-8-17)29-28(34)35-16-24-22-11-4-2-9-20(22)21-10-3-5-12-23(21)24/h2-5,9-12,17-19,24-25H,6-8,13-16H2,1H3,(H,29,34)(H,32,33). The molecule has 0 saturated heterocycles. The molecule has 0 aromatic heterocycles. The summed E-state index contributed by atoms with van der Waals surface area (Å²) in [6, 6.07) is 16.1. The summed E-state index contributed by atoms with van der Waals surface area (Å²) in [6.45, 7) is 0.240. The highest BCUT2D eigenvalue weighted by Crippen LogP contribution is 2.44. The molecule has 3 aliphatic rings. The van der Waals surface area contributed by atoms with Crippen LogP contribution < -0.4 is 5.32 Å². The highest BCUT2D eigenvalue weighted by Gasteiger charge is 2.40. The predicted octanol–water partition coefficient (Wildman–Crippen LogP) is 4.41. The van der Waals surface area contributed by atoms with Crippen molar-refractivity contribution in [2.75, 3.05) is 13.7 Å². The average molecular weight is 477 g/mol. The lowest BCUT2D eigenvalue weighted by Gasteiger charge is -2.40. The van der Waals surface area contributed by atoms with Gasteiger partial charge in [0.25, 0.3) is 0 Å². The van der Waals surface area contributed by atoms with Gasteiger partial charge >= 0.3 is 12.1 Å². The molecule has 2 saturated carbocycles. The predicted molar refractivity (Wildman–Crippen MR) is 131 cm³/mol. The van der Waals surface area contributed by atoms with Crippen LogP contribution in [-0.4, -0.2) is 53.7 Å². The van der Waals surface area contributed by atoms with Gasteiger partial charge in [-0.2, -0.15) is 0 Å². The number of ether oxygens (including phenoxy) is 1. The van der Waals surface area contributed by atoms with E-state index in [9.17, 15) is 14.4 Å². The summed E-state index contributed by atoms with van der Waals surface area (Å²) in [5.41, 5.74) is 4.68. The molecule has 0 heterocycles. The molecule has 5 rings (SSSR count). The fourth-order valence-electron chi connectivity index (χ4n) is 5.61. The number of benzene rings is 2. The summed E-state index contributed by atoms with van der Waals surface area (Å²) in [7, 11) is 1.73. The monoisotopic (exact) mass is 476 g/mol. The van der Waals surface area contributed by atoms with E-state index in [0.717, 1.165) is 30.4 Å². The Morgan fingerprint density at radius 3 is 2.17 bits per heavy atom. The van der Waals surface area contributed by atoms with Crippen LogP contribution in [0.15, 0.2) is 48.5 Å². The third-order valence-corrected chi connectivity index (χ3v) is 8.16. The number of aliphatic carboxylic acids is 1. The van der Waals surface area contributed by atoms with Crippen molar-refractivity contribution < 1.29 is 24.2 Å². The minimum absolute atomic E-state index is 0.0103. The molecule has 2 aromatic carbocycles. The molecule has 2 aromatic rings. The average Bonchev–Trinajstić information content (AvgIpc) is 3.09. The Morgan fingerprint density at radius 2 is 1.63 bits per heavy atom. The summed E-state index contributed by atoms with van der Waals surface area (Å²) >= 11 is 0. The minimum atomic E-state index is -0.800. The van der Waals surface area contributed by atoms with Crippen LogP contribution >= 0.6 is 0 Å². The van der Waals surface area contributed by atoms with Crippen molar-refractivity contribution in [1.29, 1.82) is 0 Å². The van der Waals surface area contributed by atoms with E-state index in [1.165, 1.54) is 11.1 Å². The number of alkyl carbamates (subject to hydrolysis) is 1. The molecule has 1 unspecified atom stereocenters. The molecule has 1 atom stereocenters. The van der Waals surface area contributed by atoms with Gasteiger partial charge in [0.2, 0.25) is 5.91 Å². The van der Waals surface area contributed by atoms with Crippen LogP contribution in [0.25, 0.3) is 11.1 Å². The fraction of sp³-hybridized carbons (Fsp3) is 0.464. The summed E-state index contributed by atoms with van der Waals surface area (Å²) in [6.07, 6.45) is 3.76. The van der Waals surface area contributed by atoms with E-state index in [2.05, 4.69) is 29.6 Å². The first-order valence-electron chi connectivity index (χ1n) is 12.5. The van der Waals surface area contributed by atoms with Crippen LogP contribution in [0.3, 0.4) is 0 Å². The topological polar surface area (TPSA) is 95.9 Å². The molecular formula is C28H32N2O5. The van der Waals surface area contributed by atoms with Gasteiger partial charge in [-0.15, -0.1) is 0 Å². The molecule has 0 aliphatic heterocycles. The number of carbonyl (C=O) groups excluding carboxylic acids is 2.